The van der Waals surface area contributed by atoms with Gasteiger partial charge in [0.1, 0.15) is 4.88 Å². The third-order valence-corrected chi connectivity index (χ3v) is 19.7. The average molecular weight is 919 g/mol. The van der Waals surface area contributed by atoms with Crippen LogP contribution in [0.25, 0.3) is 60.9 Å². The molecule has 6 heterocycles. The zero-order valence-electron chi connectivity index (χ0n) is 36.9. The minimum absolute atomic E-state index is 0.104. The summed E-state index contributed by atoms with van der Waals surface area (Å²) in [7, 11) is 0. The Balaban J connectivity index is 1.37. The SMILES string of the molecule is CCCCCC(CC)c1ccc(-c2c3cc(C)sc3c(-c3ccc(CC(CC)CCCC)s3)c3cc(-c4sc(C)c5c(F)c(C(=O)OCC(CC)CCCC)sc45)sc23)s1. The maximum atomic E-state index is 16.3. The number of thiophene rings is 6. The van der Waals surface area contributed by atoms with Crippen molar-refractivity contribution in [1.29, 1.82) is 0 Å². The van der Waals surface area contributed by atoms with Crippen molar-refractivity contribution in [2.75, 3.05) is 6.61 Å². The lowest BCUT2D eigenvalue weighted by molar-refractivity contribution is 0.0429. The van der Waals surface area contributed by atoms with E-state index in [9.17, 15) is 4.79 Å². The van der Waals surface area contributed by atoms with Crippen LogP contribution in [0, 0.1) is 31.5 Å². The summed E-state index contributed by atoms with van der Waals surface area (Å²) in [5.74, 6) is 0.642. The molecule has 0 fully saturated rings. The van der Waals surface area contributed by atoms with Crippen molar-refractivity contribution in [2.24, 2.45) is 11.8 Å². The number of ether oxygens (including phenoxy) is 1. The maximum Gasteiger partial charge on any atom is 0.351 e. The monoisotopic (exact) mass is 918 g/mol. The minimum atomic E-state index is -0.530. The highest BCUT2D eigenvalue weighted by molar-refractivity contribution is 7.32. The molecule has 3 unspecified atom stereocenters. The first-order valence-corrected chi connectivity index (χ1v) is 27.6. The van der Waals surface area contributed by atoms with Crippen LogP contribution >= 0.6 is 68.0 Å². The third kappa shape index (κ3) is 9.57. The average Bonchev–Trinajstić information content (AvgIpc) is 4.11. The number of fused-ring (bicyclic) bond motifs is 3. The molecule has 0 saturated carbocycles. The number of unbranched alkanes of at least 4 members (excludes halogenated alkanes) is 4. The molecule has 0 saturated heterocycles. The van der Waals surface area contributed by atoms with Gasteiger partial charge < -0.3 is 4.74 Å². The normalized spacial score (nSPS) is 13.6. The van der Waals surface area contributed by atoms with E-state index in [1.165, 1.54) is 118 Å². The Morgan fingerprint density at radius 1 is 0.650 bits per heavy atom. The van der Waals surface area contributed by atoms with Crippen LogP contribution in [0.15, 0.2) is 36.4 Å². The molecule has 60 heavy (non-hydrogen) atoms. The lowest BCUT2D eigenvalue weighted by atomic mass is 9.95. The Bertz CT molecular complexity index is 2520. The molecule has 3 atom stereocenters. The van der Waals surface area contributed by atoms with E-state index in [4.69, 9.17) is 4.74 Å². The fourth-order valence-electron chi connectivity index (χ4n) is 8.83. The van der Waals surface area contributed by atoms with E-state index in [2.05, 4.69) is 84.9 Å². The first kappa shape index (κ1) is 45.6. The van der Waals surface area contributed by atoms with E-state index >= 15 is 4.39 Å². The molecule has 7 rings (SSSR count). The lowest BCUT2D eigenvalue weighted by Gasteiger charge is -2.14. The van der Waals surface area contributed by atoms with Gasteiger partial charge in [0.15, 0.2) is 5.82 Å². The van der Waals surface area contributed by atoms with Crippen LogP contribution in [0.2, 0.25) is 0 Å². The molecule has 0 N–H and O–H groups in total. The first-order valence-electron chi connectivity index (χ1n) is 22.7. The summed E-state index contributed by atoms with van der Waals surface area (Å²) in [5, 5.41) is 3.20. The molecule has 0 bridgehead atoms. The van der Waals surface area contributed by atoms with Crippen molar-refractivity contribution in [3.8, 4) is 30.6 Å². The number of carbonyl (C=O) groups is 1. The van der Waals surface area contributed by atoms with Crippen LogP contribution in [0.3, 0.4) is 0 Å². The van der Waals surface area contributed by atoms with E-state index in [1.807, 2.05) is 52.3 Å². The predicted molar refractivity (Wildman–Crippen MR) is 270 cm³/mol. The zero-order valence-corrected chi connectivity index (χ0v) is 41.8. The summed E-state index contributed by atoms with van der Waals surface area (Å²) in [6.45, 7) is 18.2. The second-order valence-corrected chi connectivity index (χ2v) is 23.7. The van der Waals surface area contributed by atoms with Gasteiger partial charge in [0, 0.05) is 70.8 Å². The van der Waals surface area contributed by atoms with Crippen LogP contribution in [0.4, 0.5) is 4.39 Å². The van der Waals surface area contributed by atoms with E-state index in [1.54, 1.807) is 11.3 Å². The molecule has 7 aromatic rings. The molecule has 2 nitrogen and oxygen atoms in total. The number of esters is 1. The quantitative estimate of drug-likeness (QED) is 0.0500. The van der Waals surface area contributed by atoms with Gasteiger partial charge in [0.05, 0.1) is 16.2 Å². The zero-order chi connectivity index (χ0) is 42.5. The Labute approximate surface area is 382 Å². The molecule has 322 valence electrons. The molecule has 0 radical (unpaired) electrons. The molecule has 0 aliphatic carbocycles. The Morgan fingerprint density at radius 3 is 2.02 bits per heavy atom. The van der Waals surface area contributed by atoms with Gasteiger partial charge in [-0.2, -0.15) is 0 Å². The standard InChI is InChI=1S/C51H63FO2S6/c1-9-15-18-21-34(14-6)38-24-25-40(58-38)43-36-26-30(7)55-46(36)44(39-23-22-35(57-39)27-32(12-4)19-16-10-2)37-28-41(59-47(37)43)48-49-42(31(8)56-48)45(52)50(60-49)51(53)54-29-33(13-5)20-17-11-3/h22-26,28,32-34H,9-21,27,29H2,1-8H3. The Kier molecular flexibility index (Phi) is 15.9. The number of carbonyl (C=O) groups excluding carboxylic acids is 1. The largest absolute Gasteiger partial charge is 0.461 e. The van der Waals surface area contributed by atoms with Crippen LogP contribution in [-0.4, -0.2) is 12.6 Å². The lowest BCUT2D eigenvalue weighted by Crippen LogP contribution is -2.14. The van der Waals surface area contributed by atoms with Crippen LogP contribution < -0.4 is 0 Å². The van der Waals surface area contributed by atoms with E-state index in [0.29, 0.717) is 29.7 Å². The van der Waals surface area contributed by atoms with Gasteiger partial charge in [-0.15, -0.1) is 68.0 Å². The maximum absolute atomic E-state index is 16.3. The van der Waals surface area contributed by atoms with Crippen LogP contribution in [0.1, 0.15) is 160 Å². The van der Waals surface area contributed by atoms with Gasteiger partial charge in [0.25, 0.3) is 0 Å². The summed E-state index contributed by atoms with van der Waals surface area (Å²) >= 11 is 10.7. The second-order valence-electron chi connectivity index (χ2n) is 16.8. The third-order valence-electron chi connectivity index (χ3n) is 12.5. The van der Waals surface area contributed by atoms with E-state index < -0.39 is 11.8 Å². The molecule has 1 aromatic carbocycles. The fraction of sp³-hybridized carbons (Fsp3) is 0.510. The van der Waals surface area contributed by atoms with Crippen molar-refractivity contribution in [2.45, 2.75) is 151 Å². The summed E-state index contributed by atoms with van der Waals surface area (Å²) in [5.41, 5.74) is 2.68. The number of hydrogen-bond donors (Lipinski definition) is 0. The van der Waals surface area contributed by atoms with Gasteiger partial charge in [-0.05, 0) is 93.7 Å². The molecule has 9 heteroatoms. The van der Waals surface area contributed by atoms with Crippen molar-refractivity contribution < 1.29 is 13.9 Å². The van der Waals surface area contributed by atoms with E-state index in [0.717, 1.165) is 57.9 Å². The van der Waals surface area contributed by atoms with Gasteiger partial charge in [-0.1, -0.05) is 106 Å². The summed E-state index contributed by atoms with van der Waals surface area (Å²) < 4.78 is 25.7. The van der Waals surface area contributed by atoms with Gasteiger partial charge in [0.2, 0.25) is 0 Å². The fourth-order valence-corrected chi connectivity index (χ4v) is 16.4. The van der Waals surface area contributed by atoms with Crippen molar-refractivity contribution >= 4 is 104 Å². The summed E-state index contributed by atoms with van der Waals surface area (Å²) in [6, 6.07) is 14.4. The molecule has 0 spiro atoms. The minimum Gasteiger partial charge on any atom is -0.461 e. The number of halogens is 1. The van der Waals surface area contributed by atoms with Gasteiger partial charge >= 0.3 is 5.97 Å². The molecular formula is C51H63FO2S6. The van der Waals surface area contributed by atoms with Crippen LogP contribution in [0.5, 0.6) is 0 Å². The summed E-state index contributed by atoms with van der Waals surface area (Å²) in [4.78, 5) is 23.7. The topological polar surface area (TPSA) is 26.3 Å². The highest BCUT2D eigenvalue weighted by Crippen LogP contribution is 2.55. The van der Waals surface area contributed by atoms with Crippen molar-refractivity contribution in [1.82, 2.24) is 0 Å². The van der Waals surface area contributed by atoms with E-state index in [-0.39, 0.29) is 4.88 Å². The molecule has 0 aliphatic rings. The molecular weight excluding hydrogens is 856 g/mol. The number of aryl methyl sites for hydroxylation is 2. The molecule has 6 aromatic heterocycles. The molecule has 0 aliphatic heterocycles. The summed E-state index contributed by atoms with van der Waals surface area (Å²) in [6.07, 6.45) is 16.6. The highest BCUT2D eigenvalue weighted by atomic mass is 32.1. The van der Waals surface area contributed by atoms with Crippen molar-refractivity contribution in [3.05, 3.63) is 66.6 Å². The molecule has 0 amide bonds. The Morgan fingerprint density at radius 2 is 1.32 bits per heavy atom. The smallest absolute Gasteiger partial charge is 0.351 e. The highest BCUT2D eigenvalue weighted by Gasteiger charge is 2.29. The first-order chi connectivity index (χ1) is 29.1. The number of rotatable bonds is 22. The number of hydrogen-bond acceptors (Lipinski definition) is 8. The Hall–Kier alpha value is -2.40. The van der Waals surface area contributed by atoms with Gasteiger partial charge in [-0.25, -0.2) is 9.18 Å². The van der Waals surface area contributed by atoms with Gasteiger partial charge in [-0.3, -0.25) is 0 Å². The predicted octanol–water partition coefficient (Wildman–Crippen LogP) is 19.5. The number of benzene rings is 1. The van der Waals surface area contributed by atoms with Crippen LogP contribution in [-0.2, 0) is 11.2 Å². The second kappa shape index (κ2) is 20.9. The van der Waals surface area contributed by atoms with Crippen molar-refractivity contribution in [3.63, 3.8) is 0 Å².